The molecule has 0 spiro atoms. The van der Waals surface area contributed by atoms with Gasteiger partial charge in [-0.1, -0.05) is 13.8 Å². The topological polar surface area (TPSA) is 83.9 Å². The largest absolute Gasteiger partial charge is 0.481 e. The molecule has 5 atom stereocenters. The van der Waals surface area contributed by atoms with Crippen LogP contribution in [0.3, 0.4) is 0 Å². The van der Waals surface area contributed by atoms with Gasteiger partial charge in [0.05, 0.1) is 24.9 Å². The Bertz CT molecular complexity index is 449. The van der Waals surface area contributed by atoms with Crippen LogP contribution in [0.1, 0.15) is 26.7 Å². The predicted octanol–water partition coefficient (Wildman–Crippen LogP) is 1.00. The number of hydrogen-bond acceptors (Lipinski definition) is 4. The molecule has 0 radical (unpaired) electrons. The minimum Gasteiger partial charge on any atom is -0.481 e. The summed E-state index contributed by atoms with van der Waals surface area (Å²) in [7, 11) is 1.35. The van der Waals surface area contributed by atoms with E-state index in [0.29, 0.717) is 25.9 Å². The summed E-state index contributed by atoms with van der Waals surface area (Å²) < 4.78 is 4.76. The summed E-state index contributed by atoms with van der Waals surface area (Å²) >= 11 is 0. The molecule has 21 heavy (non-hydrogen) atoms. The van der Waals surface area contributed by atoms with Gasteiger partial charge in [0.25, 0.3) is 0 Å². The van der Waals surface area contributed by atoms with Gasteiger partial charge < -0.3 is 14.7 Å². The van der Waals surface area contributed by atoms with Crippen LogP contribution < -0.4 is 0 Å². The fraction of sp³-hybridized carbons (Fsp3) is 0.800. The number of carbonyl (C=O) groups is 3. The van der Waals surface area contributed by atoms with Crippen LogP contribution in [0.2, 0.25) is 0 Å². The first-order chi connectivity index (χ1) is 9.85. The van der Waals surface area contributed by atoms with E-state index in [9.17, 15) is 19.5 Å². The van der Waals surface area contributed by atoms with Crippen molar-refractivity contribution < 1.29 is 24.2 Å². The van der Waals surface area contributed by atoms with Crippen molar-refractivity contribution in [1.82, 2.24) is 4.90 Å². The number of carbonyl (C=O) groups excluding carboxylic acids is 2. The van der Waals surface area contributed by atoms with E-state index in [1.807, 2.05) is 13.8 Å². The van der Waals surface area contributed by atoms with Gasteiger partial charge in [-0.2, -0.15) is 0 Å². The van der Waals surface area contributed by atoms with Gasteiger partial charge in [-0.15, -0.1) is 0 Å². The number of nitrogens with zero attached hydrogens (tertiary/aromatic N) is 1. The molecule has 5 unspecified atom stereocenters. The average Bonchev–Trinajstić information content (AvgIpc) is 3.00. The number of amides is 1. The molecule has 6 nitrogen and oxygen atoms in total. The lowest BCUT2D eigenvalue weighted by atomic mass is 9.95. The molecule has 0 aromatic heterocycles. The highest BCUT2D eigenvalue weighted by Gasteiger charge is 2.46. The second-order valence-corrected chi connectivity index (χ2v) is 6.48. The van der Waals surface area contributed by atoms with Gasteiger partial charge in [0, 0.05) is 13.1 Å². The number of methoxy groups -OCH3 is 1. The second kappa shape index (κ2) is 6.03. The number of carboxylic acids is 1. The molecule has 2 rings (SSSR count). The van der Waals surface area contributed by atoms with Crippen molar-refractivity contribution in [3.05, 3.63) is 0 Å². The van der Waals surface area contributed by atoms with Crippen molar-refractivity contribution in [2.75, 3.05) is 20.2 Å². The number of aliphatic carboxylic acids is 1. The maximum Gasteiger partial charge on any atom is 0.310 e. The van der Waals surface area contributed by atoms with Gasteiger partial charge in [0.15, 0.2) is 0 Å². The molecule has 0 aromatic rings. The summed E-state index contributed by atoms with van der Waals surface area (Å²) in [5.41, 5.74) is 0. The fourth-order valence-electron chi connectivity index (χ4n) is 3.68. The average molecular weight is 297 g/mol. The summed E-state index contributed by atoms with van der Waals surface area (Å²) in [5.74, 6) is -2.38. The molecule has 6 heteroatoms. The second-order valence-electron chi connectivity index (χ2n) is 6.48. The minimum atomic E-state index is -0.894. The molecule has 0 aromatic carbocycles. The highest BCUT2D eigenvalue weighted by atomic mass is 16.5. The lowest BCUT2D eigenvalue weighted by Gasteiger charge is -2.23. The lowest BCUT2D eigenvalue weighted by Crippen LogP contribution is -2.38. The third kappa shape index (κ3) is 3.04. The summed E-state index contributed by atoms with van der Waals surface area (Å²) in [5, 5.41) is 9.28. The first kappa shape index (κ1) is 15.8. The van der Waals surface area contributed by atoms with Crippen LogP contribution in [0, 0.1) is 29.6 Å². The zero-order chi connectivity index (χ0) is 15.7. The molecule has 118 valence electrons. The highest BCUT2D eigenvalue weighted by molar-refractivity contribution is 5.86. The van der Waals surface area contributed by atoms with Gasteiger partial charge in [-0.25, -0.2) is 0 Å². The van der Waals surface area contributed by atoms with E-state index in [4.69, 9.17) is 4.74 Å². The van der Waals surface area contributed by atoms with Crippen molar-refractivity contribution in [3.63, 3.8) is 0 Å². The molecule has 0 bridgehead atoms. The maximum absolute atomic E-state index is 12.6. The Labute approximate surface area is 124 Å². The number of rotatable bonds is 3. The number of likely N-dealkylation sites (tertiary alicyclic amines) is 1. The molecule has 1 saturated carbocycles. The van der Waals surface area contributed by atoms with Gasteiger partial charge in [-0.05, 0) is 24.7 Å². The molecular weight excluding hydrogens is 274 g/mol. The van der Waals surface area contributed by atoms with Crippen molar-refractivity contribution >= 4 is 17.8 Å². The van der Waals surface area contributed by atoms with Crippen molar-refractivity contribution in [3.8, 4) is 0 Å². The Morgan fingerprint density at radius 1 is 1.05 bits per heavy atom. The third-order valence-corrected chi connectivity index (χ3v) is 4.86. The Morgan fingerprint density at radius 3 is 2.24 bits per heavy atom. The van der Waals surface area contributed by atoms with Crippen LogP contribution in [0.4, 0.5) is 0 Å². The fourth-order valence-corrected chi connectivity index (χ4v) is 3.68. The van der Waals surface area contributed by atoms with E-state index in [2.05, 4.69) is 0 Å². The highest BCUT2D eigenvalue weighted by Crippen LogP contribution is 2.38. The molecule has 1 aliphatic carbocycles. The quantitative estimate of drug-likeness (QED) is 0.786. The third-order valence-electron chi connectivity index (χ3n) is 4.86. The Kier molecular flexibility index (Phi) is 4.54. The predicted molar refractivity (Wildman–Crippen MR) is 74.3 cm³/mol. The van der Waals surface area contributed by atoms with Crippen molar-refractivity contribution in [1.29, 1.82) is 0 Å². The van der Waals surface area contributed by atoms with Crippen LogP contribution in [-0.2, 0) is 19.1 Å². The molecular formula is C15H23NO5. The molecule has 1 aliphatic heterocycles. The van der Waals surface area contributed by atoms with E-state index >= 15 is 0 Å². The zero-order valence-corrected chi connectivity index (χ0v) is 12.7. The van der Waals surface area contributed by atoms with E-state index in [-0.39, 0.29) is 29.6 Å². The first-order valence-corrected chi connectivity index (χ1v) is 7.44. The Balaban J connectivity index is 2.07. The van der Waals surface area contributed by atoms with Gasteiger partial charge in [0.1, 0.15) is 0 Å². The smallest absolute Gasteiger partial charge is 0.310 e. The number of ether oxygens (including phenoxy) is 1. The number of esters is 1. The number of carboxylic acid groups (broad SMARTS) is 1. The van der Waals surface area contributed by atoms with Crippen LogP contribution in [0.5, 0.6) is 0 Å². The van der Waals surface area contributed by atoms with E-state index in [1.165, 1.54) is 7.11 Å². The summed E-state index contributed by atoms with van der Waals surface area (Å²) in [4.78, 5) is 37.3. The zero-order valence-electron chi connectivity index (χ0n) is 12.7. The van der Waals surface area contributed by atoms with Crippen LogP contribution in [0.15, 0.2) is 0 Å². The lowest BCUT2D eigenvalue weighted by molar-refractivity contribution is -0.149. The van der Waals surface area contributed by atoms with Gasteiger partial charge >= 0.3 is 11.9 Å². The molecule has 1 amide bonds. The van der Waals surface area contributed by atoms with E-state index in [1.54, 1.807) is 4.90 Å². The summed E-state index contributed by atoms with van der Waals surface area (Å²) in [6, 6.07) is 0. The van der Waals surface area contributed by atoms with Gasteiger partial charge in [-0.3, -0.25) is 14.4 Å². The molecule has 2 fully saturated rings. The normalized spacial score (nSPS) is 35.8. The standard InChI is InChI=1S/C15H23NO5/c1-8-4-10(11(5-8)14(18)19)13(17)16-6-9(2)12(7-16)15(20)21-3/h8-12H,4-7H2,1-3H3,(H,18,19). The molecule has 2 aliphatic rings. The first-order valence-electron chi connectivity index (χ1n) is 7.44. The Hall–Kier alpha value is -1.59. The van der Waals surface area contributed by atoms with Crippen LogP contribution in [0.25, 0.3) is 0 Å². The molecule has 1 heterocycles. The van der Waals surface area contributed by atoms with Gasteiger partial charge in [0.2, 0.25) is 5.91 Å². The monoisotopic (exact) mass is 297 g/mol. The minimum absolute atomic E-state index is 0.0449. The van der Waals surface area contributed by atoms with Crippen molar-refractivity contribution in [2.24, 2.45) is 29.6 Å². The summed E-state index contributed by atoms with van der Waals surface area (Å²) in [6.45, 7) is 4.73. The van der Waals surface area contributed by atoms with Crippen molar-refractivity contribution in [2.45, 2.75) is 26.7 Å². The Morgan fingerprint density at radius 2 is 1.67 bits per heavy atom. The maximum atomic E-state index is 12.6. The molecule has 1 N–H and O–H groups in total. The molecule has 1 saturated heterocycles. The van der Waals surface area contributed by atoms with Crippen LogP contribution in [-0.4, -0.2) is 48.1 Å². The number of hydrogen-bond donors (Lipinski definition) is 1. The summed E-state index contributed by atoms with van der Waals surface area (Å²) in [6.07, 6.45) is 1.17. The SMILES string of the molecule is COC(=O)C1CN(C(=O)C2CC(C)CC2C(=O)O)CC1C. The van der Waals surface area contributed by atoms with Crippen LogP contribution >= 0.6 is 0 Å². The van der Waals surface area contributed by atoms with E-state index < -0.39 is 17.8 Å². The van der Waals surface area contributed by atoms with E-state index in [0.717, 1.165) is 0 Å².